The molecule has 2 fully saturated rings. The number of aliphatic hydroxyl groups is 1. The Morgan fingerprint density at radius 1 is 1.02 bits per heavy atom. The van der Waals surface area contributed by atoms with E-state index in [4.69, 9.17) is 9.47 Å². The van der Waals surface area contributed by atoms with Crippen LogP contribution in [0.4, 0.5) is 0 Å². The Balaban J connectivity index is 1.70. The minimum absolute atomic E-state index is 0.104. The van der Waals surface area contributed by atoms with Crippen LogP contribution < -0.4 is 0 Å². The molecule has 0 radical (unpaired) electrons. The maximum atomic E-state index is 15.4. The summed E-state index contributed by atoms with van der Waals surface area (Å²) in [5.41, 5.74) is -1.57. The molecule has 11 heteroatoms. The highest BCUT2D eigenvalue weighted by atomic mass is 79.9. The number of esters is 1. The first kappa shape index (κ1) is 39.2. The maximum absolute atomic E-state index is 15.4. The Bertz CT molecular complexity index is 1550. The molecular weight excluding hydrogens is 714 g/mol. The number of amides is 3. The SMILES string of the molecule is CC[C@H](C)[C@H](CO)N1C(=O)[C@H]2[C@@H]3C(=O)O[C@H](c4ccccc4)[C@@H](C)N(C)C(=O)CC/C=C\CN(C(C)(C)CC(C)(C)C)C(=O)[C@H]1[C@@]21C=C(Br)[C@@H]3O1. The normalized spacial score (nSPS) is 32.5. The number of hydrogen-bond donors (Lipinski definition) is 1. The molecule has 0 aromatic heterocycles. The third-order valence-electron chi connectivity index (χ3n) is 11.5. The summed E-state index contributed by atoms with van der Waals surface area (Å²) in [6.07, 6.45) is 5.99. The molecule has 1 N–H and O–H groups in total. The van der Waals surface area contributed by atoms with Crippen LogP contribution in [0.5, 0.6) is 0 Å². The number of carbonyl (C=O) groups excluding carboxylic acids is 4. The van der Waals surface area contributed by atoms with Crippen LogP contribution in [0, 0.1) is 23.2 Å². The fourth-order valence-corrected chi connectivity index (χ4v) is 9.69. The number of nitrogens with zero attached hydrogens (tertiary/aromatic N) is 3. The van der Waals surface area contributed by atoms with Gasteiger partial charge in [-0.15, -0.1) is 0 Å². The third-order valence-corrected chi connectivity index (χ3v) is 12.1. The van der Waals surface area contributed by atoms with Crippen LogP contribution in [-0.4, -0.2) is 99.1 Å². The van der Waals surface area contributed by atoms with Crippen LogP contribution in [0.3, 0.4) is 0 Å². The first-order chi connectivity index (χ1) is 23.9. The Morgan fingerprint density at radius 3 is 2.29 bits per heavy atom. The second-order valence-corrected chi connectivity index (χ2v) is 17.6. The molecule has 5 rings (SSSR count). The van der Waals surface area contributed by atoms with E-state index < -0.39 is 65.2 Å². The molecule has 10 nitrogen and oxygen atoms in total. The molecule has 5 bridgehead atoms. The summed E-state index contributed by atoms with van der Waals surface area (Å²) < 4.78 is 13.7. The lowest BCUT2D eigenvalue weighted by Crippen LogP contribution is -2.63. The minimum Gasteiger partial charge on any atom is -0.455 e. The van der Waals surface area contributed by atoms with Crippen molar-refractivity contribution in [1.29, 1.82) is 0 Å². The van der Waals surface area contributed by atoms with E-state index in [0.717, 1.165) is 0 Å². The van der Waals surface area contributed by atoms with E-state index in [0.29, 0.717) is 29.3 Å². The average molecular weight is 771 g/mol. The highest BCUT2D eigenvalue weighted by Gasteiger charge is 2.76. The molecule has 9 atom stereocenters. The summed E-state index contributed by atoms with van der Waals surface area (Å²) in [6.45, 7) is 16.1. The van der Waals surface area contributed by atoms with Crippen molar-refractivity contribution in [3.63, 3.8) is 0 Å². The van der Waals surface area contributed by atoms with Gasteiger partial charge < -0.3 is 29.3 Å². The van der Waals surface area contributed by atoms with E-state index >= 15 is 4.79 Å². The van der Waals surface area contributed by atoms with Gasteiger partial charge in [0, 0.05) is 30.0 Å². The Labute approximate surface area is 311 Å². The molecule has 1 aromatic rings. The molecular formula is C40H56BrN3O7. The first-order valence-corrected chi connectivity index (χ1v) is 19.2. The zero-order valence-electron chi connectivity index (χ0n) is 31.6. The molecule has 4 aliphatic rings. The predicted molar refractivity (Wildman–Crippen MR) is 198 cm³/mol. The van der Waals surface area contributed by atoms with E-state index in [1.54, 1.807) is 18.0 Å². The number of hydrogen-bond acceptors (Lipinski definition) is 7. The van der Waals surface area contributed by atoms with Crippen LogP contribution >= 0.6 is 15.9 Å². The lowest BCUT2D eigenvalue weighted by Gasteiger charge is -2.46. The number of benzene rings is 1. The van der Waals surface area contributed by atoms with Gasteiger partial charge >= 0.3 is 5.97 Å². The average Bonchev–Trinajstić information content (AvgIpc) is 3.66. The van der Waals surface area contributed by atoms with Crippen molar-refractivity contribution < 1.29 is 33.8 Å². The molecule has 0 saturated carbocycles. The number of carbonyl (C=O) groups is 4. The smallest absolute Gasteiger partial charge is 0.313 e. The second kappa shape index (κ2) is 14.8. The standard InChI is InChI=1S/C40H56BrN3O7/c1-10-24(2)28(22-45)44-34-36(48)43(39(7,8)23-38(4,5)6)20-16-12-15-19-29(46)42(9)25(3)32(26-17-13-11-14-18-26)50-37(49)30-31(35(44)47)40(34)21-27(41)33(30)51-40/h11-14,16-18,21,24-25,28,30-34,45H,10,15,19-20,22-23H2,1-9H3/b16-12-/t24-,25+,28-,30-,31+,32-,33-,34-,40+/m0/s1. The Hall–Kier alpha value is -3.02. The van der Waals surface area contributed by atoms with Crippen molar-refractivity contribution in [1.82, 2.24) is 14.7 Å². The summed E-state index contributed by atoms with van der Waals surface area (Å²) in [4.78, 5) is 63.5. The molecule has 0 unspecified atom stereocenters. The second-order valence-electron chi connectivity index (χ2n) is 16.7. The number of halogens is 1. The molecule has 2 saturated heterocycles. The van der Waals surface area contributed by atoms with Crippen LogP contribution in [0.1, 0.15) is 92.7 Å². The van der Waals surface area contributed by atoms with Gasteiger partial charge in [-0.05, 0) is 56.6 Å². The van der Waals surface area contributed by atoms with E-state index in [-0.39, 0.29) is 42.7 Å². The molecule has 280 valence electrons. The molecule has 0 aliphatic carbocycles. The number of allylic oxidation sites excluding steroid dienone is 1. The maximum Gasteiger partial charge on any atom is 0.313 e. The van der Waals surface area contributed by atoms with Gasteiger partial charge in [-0.3, -0.25) is 19.2 Å². The zero-order chi connectivity index (χ0) is 37.6. The van der Waals surface area contributed by atoms with E-state index in [1.165, 1.54) is 4.90 Å². The summed E-state index contributed by atoms with van der Waals surface area (Å²) >= 11 is 3.66. The van der Waals surface area contributed by atoms with Crippen molar-refractivity contribution in [2.45, 2.75) is 123 Å². The van der Waals surface area contributed by atoms with Gasteiger partial charge in [0.1, 0.15) is 29.8 Å². The van der Waals surface area contributed by atoms with Gasteiger partial charge in [0.25, 0.3) is 0 Å². The van der Waals surface area contributed by atoms with Gasteiger partial charge in [-0.25, -0.2) is 0 Å². The summed E-state index contributed by atoms with van der Waals surface area (Å²) in [6, 6.07) is 6.93. The molecule has 1 spiro atoms. The largest absolute Gasteiger partial charge is 0.455 e. The van der Waals surface area contributed by atoms with Crippen molar-refractivity contribution in [3.05, 3.63) is 58.6 Å². The summed E-state index contributed by atoms with van der Waals surface area (Å²) in [7, 11) is 1.71. The van der Waals surface area contributed by atoms with Crippen molar-refractivity contribution in [2.75, 3.05) is 20.2 Å². The highest BCUT2D eigenvalue weighted by Crippen LogP contribution is 2.60. The highest BCUT2D eigenvalue weighted by molar-refractivity contribution is 9.11. The van der Waals surface area contributed by atoms with E-state index in [2.05, 4.69) is 36.7 Å². The van der Waals surface area contributed by atoms with Gasteiger partial charge in [0.2, 0.25) is 17.7 Å². The zero-order valence-corrected chi connectivity index (χ0v) is 33.2. The Morgan fingerprint density at radius 2 is 1.69 bits per heavy atom. The number of cyclic esters (lactones) is 1. The fourth-order valence-electron chi connectivity index (χ4n) is 8.96. The van der Waals surface area contributed by atoms with Crippen molar-refractivity contribution in [2.24, 2.45) is 23.2 Å². The van der Waals surface area contributed by atoms with Crippen LogP contribution in [0.25, 0.3) is 0 Å². The topological polar surface area (TPSA) is 117 Å². The van der Waals surface area contributed by atoms with E-state index in [9.17, 15) is 19.5 Å². The lowest BCUT2D eigenvalue weighted by atomic mass is 9.74. The number of likely N-dealkylation sites (tertiary alicyclic amines) is 1. The molecule has 51 heavy (non-hydrogen) atoms. The third kappa shape index (κ3) is 7.19. The number of ether oxygens (including phenoxy) is 2. The lowest BCUT2D eigenvalue weighted by molar-refractivity contribution is -0.165. The summed E-state index contributed by atoms with van der Waals surface area (Å²) in [5.74, 6) is -3.74. The van der Waals surface area contributed by atoms with Crippen LogP contribution in [-0.2, 0) is 28.7 Å². The number of rotatable bonds is 7. The number of likely N-dealkylation sites (N-methyl/N-ethyl adjacent to an activating group) is 1. The number of aliphatic hydroxyl groups excluding tert-OH is 1. The summed E-state index contributed by atoms with van der Waals surface area (Å²) in [5, 5.41) is 10.9. The van der Waals surface area contributed by atoms with E-state index in [1.807, 2.05) is 82.0 Å². The molecule has 4 aliphatic heterocycles. The quantitative estimate of drug-likeness (QED) is 0.276. The number of fused-ring (bicyclic) bond motifs is 2. The fraction of sp³-hybridized carbons (Fsp3) is 0.650. The predicted octanol–water partition coefficient (Wildman–Crippen LogP) is 5.79. The molecule has 1 aromatic carbocycles. The monoisotopic (exact) mass is 769 g/mol. The molecule has 3 amide bonds. The first-order valence-electron chi connectivity index (χ1n) is 18.4. The van der Waals surface area contributed by atoms with Crippen molar-refractivity contribution in [3.8, 4) is 0 Å². The van der Waals surface area contributed by atoms with Gasteiger partial charge in [-0.1, -0.05) is 99.5 Å². The van der Waals surface area contributed by atoms with Gasteiger partial charge in [0.05, 0.1) is 24.6 Å². The van der Waals surface area contributed by atoms with Crippen LogP contribution in [0.2, 0.25) is 0 Å². The molecule has 4 heterocycles. The van der Waals surface area contributed by atoms with Gasteiger partial charge in [-0.2, -0.15) is 0 Å². The minimum atomic E-state index is -1.48. The van der Waals surface area contributed by atoms with Crippen LogP contribution in [0.15, 0.2) is 53.0 Å². The Kier molecular flexibility index (Phi) is 11.4. The van der Waals surface area contributed by atoms with Crippen molar-refractivity contribution >= 4 is 39.6 Å². The van der Waals surface area contributed by atoms with Gasteiger partial charge in [0.15, 0.2) is 0 Å².